The van der Waals surface area contributed by atoms with Crippen LogP contribution in [0.25, 0.3) is 10.6 Å². The van der Waals surface area contributed by atoms with Crippen LogP contribution in [-0.4, -0.2) is 0 Å². The van der Waals surface area contributed by atoms with Gasteiger partial charge in [0.15, 0.2) is 0 Å². The molecular weight excluding hydrogens is 322 g/mol. The second kappa shape index (κ2) is 6.06. The van der Waals surface area contributed by atoms with E-state index in [1.807, 2.05) is 55.5 Å². The second-order valence-corrected chi connectivity index (χ2v) is 5.36. The molecule has 2 aromatic rings. The van der Waals surface area contributed by atoms with Crippen LogP contribution in [-0.2, 0) is 0 Å². The maximum Gasteiger partial charge on any atom is 0.101 e. The minimum absolute atomic E-state index is 0.467. The van der Waals surface area contributed by atoms with Crippen LogP contribution in [0.3, 0.4) is 0 Å². The molecule has 0 atom stereocenters. The number of nitrogens with zero attached hydrogens (tertiary/aromatic N) is 1. The highest BCUT2D eigenvalue weighted by Crippen LogP contribution is 2.31. The lowest BCUT2D eigenvalue weighted by molar-refractivity contribution is 1.42. The van der Waals surface area contributed by atoms with E-state index >= 15 is 0 Å². The van der Waals surface area contributed by atoms with Crippen LogP contribution >= 0.6 is 27.5 Å². The molecule has 0 radical (unpaired) electrons. The highest BCUT2D eigenvalue weighted by atomic mass is 79.9. The average molecular weight is 333 g/mol. The predicted molar refractivity (Wildman–Crippen MR) is 83.6 cm³/mol. The van der Waals surface area contributed by atoms with E-state index in [1.165, 1.54) is 0 Å². The van der Waals surface area contributed by atoms with E-state index in [0.717, 1.165) is 21.2 Å². The molecule has 94 valence electrons. The van der Waals surface area contributed by atoms with Crippen LogP contribution < -0.4 is 0 Å². The Bertz CT molecular complexity index is 669. The van der Waals surface area contributed by atoms with Crippen LogP contribution in [0.1, 0.15) is 16.7 Å². The molecule has 0 amide bonds. The van der Waals surface area contributed by atoms with Crippen molar-refractivity contribution in [3.05, 3.63) is 69.7 Å². The van der Waals surface area contributed by atoms with Gasteiger partial charge in [0.2, 0.25) is 0 Å². The molecule has 1 nitrogen and oxygen atoms in total. The first-order valence-electron chi connectivity index (χ1n) is 5.75. The van der Waals surface area contributed by atoms with Crippen molar-refractivity contribution in [3.8, 4) is 6.07 Å². The topological polar surface area (TPSA) is 23.8 Å². The van der Waals surface area contributed by atoms with Crippen molar-refractivity contribution in [3.63, 3.8) is 0 Å². The fourth-order valence-corrected chi connectivity index (χ4v) is 2.37. The van der Waals surface area contributed by atoms with E-state index in [0.29, 0.717) is 10.6 Å². The van der Waals surface area contributed by atoms with Gasteiger partial charge in [-0.1, -0.05) is 70.0 Å². The number of nitriles is 1. The quantitative estimate of drug-likeness (QED) is 0.534. The van der Waals surface area contributed by atoms with Crippen molar-refractivity contribution in [2.75, 3.05) is 0 Å². The molecule has 0 aromatic heterocycles. The Balaban J connectivity index is 2.56. The van der Waals surface area contributed by atoms with Crippen LogP contribution in [0.15, 0.2) is 53.0 Å². The molecule has 0 saturated heterocycles. The lowest BCUT2D eigenvalue weighted by Gasteiger charge is -2.06. The Morgan fingerprint density at radius 3 is 2.37 bits per heavy atom. The molecular formula is C16H11BrClN. The molecule has 0 bridgehead atoms. The van der Waals surface area contributed by atoms with Gasteiger partial charge >= 0.3 is 0 Å². The highest BCUT2D eigenvalue weighted by molar-refractivity contribution is 9.10. The normalized spacial score (nSPS) is 11.7. The molecule has 0 saturated carbocycles. The Kier molecular flexibility index (Phi) is 4.42. The van der Waals surface area contributed by atoms with Crippen molar-refractivity contribution < 1.29 is 0 Å². The average Bonchev–Trinajstić information content (AvgIpc) is 2.44. The molecule has 0 heterocycles. The first-order valence-corrected chi connectivity index (χ1v) is 6.92. The molecule has 2 rings (SSSR count). The van der Waals surface area contributed by atoms with Gasteiger partial charge in [-0.3, -0.25) is 0 Å². The molecule has 0 aliphatic heterocycles. The number of aryl methyl sites for hydroxylation is 1. The summed E-state index contributed by atoms with van der Waals surface area (Å²) in [5.41, 5.74) is 3.27. The molecule has 0 N–H and O–H groups in total. The molecule has 0 aliphatic carbocycles. The standard InChI is InChI=1S/C16H11BrClN/c1-11-7-8-13(9-15(11)17)16(18)14(10-19)12-5-3-2-4-6-12/h2-9H,1H3/b16-14+. The smallest absolute Gasteiger partial charge is 0.101 e. The van der Waals surface area contributed by atoms with Crippen LogP contribution in [0, 0.1) is 18.3 Å². The van der Waals surface area contributed by atoms with Gasteiger partial charge in [-0.05, 0) is 29.7 Å². The minimum atomic E-state index is 0.467. The van der Waals surface area contributed by atoms with E-state index < -0.39 is 0 Å². The number of benzene rings is 2. The molecule has 0 spiro atoms. The number of halogens is 2. The summed E-state index contributed by atoms with van der Waals surface area (Å²) in [6.45, 7) is 2.01. The number of rotatable bonds is 2. The molecule has 0 unspecified atom stereocenters. The summed E-state index contributed by atoms with van der Waals surface area (Å²) < 4.78 is 0.980. The first kappa shape index (κ1) is 13.9. The zero-order valence-corrected chi connectivity index (χ0v) is 12.7. The van der Waals surface area contributed by atoms with Crippen molar-refractivity contribution in [1.82, 2.24) is 0 Å². The predicted octanol–water partition coefficient (Wildman–Crippen LogP) is 5.39. The van der Waals surface area contributed by atoms with E-state index in [9.17, 15) is 5.26 Å². The lowest BCUT2D eigenvalue weighted by atomic mass is 10.0. The Labute approximate surface area is 126 Å². The van der Waals surface area contributed by atoms with Gasteiger partial charge in [0.05, 0.1) is 10.6 Å². The number of hydrogen-bond donors (Lipinski definition) is 0. The fraction of sp³-hybridized carbons (Fsp3) is 0.0625. The van der Waals surface area contributed by atoms with E-state index in [-0.39, 0.29) is 0 Å². The second-order valence-electron chi connectivity index (χ2n) is 4.13. The van der Waals surface area contributed by atoms with Crippen molar-refractivity contribution >= 4 is 38.1 Å². The van der Waals surface area contributed by atoms with Gasteiger partial charge in [0.25, 0.3) is 0 Å². The zero-order valence-electron chi connectivity index (χ0n) is 10.3. The lowest BCUT2D eigenvalue weighted by Crippen LogP contribution is -1.87. The third-order valence-corrected chi connectivity index (χ3v) is 4.08. The number of allylic oxidation sites excluding steroid dienone is 1. The highest BCUT2D eigenvalue weighted by Gasteiger charge is 2.10. The molecule has 0 aliphatic rings. The first-order chi connectivity index (χ1) is 9.13. The fourth-order valence-electron chi connectivity index (χ4n) is 1.72. The summed E-state index contributed by atoms with van der Waals surface area (Å²) in [5.74, 6) is 0. The summed E-state index contributed by atoms with van der Waals surface area (Å²) in [6, 6.07) is 17.5. The summed E-state index contributed by atoms with van der Waals surface area (Å²) in [7, 11) is 0. The van der Waals surface area contributed by atoms with Gasteiger partial charge in [-0.15, -0.1) is 0 Å². The maximum absolute atomic E-state index is 9.33. The van der Waals surface area contributed by atoms with Crippen molar-refractivity contribution in [2.45, 2.75) is 6.92 Å². The Morgan fingerprint density at radius 1 is 1.11 bits per heavy atom. The van der Waals surface area contributed by atoms with Crippen molar-refractivity contribution in [2.24, 2.45) is 0 Å². The third-order valence-electron chi connectivity index (χ3n) is 2.82. The van der Waals surface area contributed by atoms with E-state index in [4.69, 9.17) is 11.6 Å². The van der Waals surface area contributed by atoms with Crippen LogP contribution in [0.5, 0.6) is 0 Å². The van der Waals surface area contributed by atoms with Gasteiger partial charge in [-0.25, -0.2) is 0 Å². The minimum Gasteiger partial charge on any atom is -0.192 e. The maximum atomic E-state index is 9.33. The van der Waals surface area contributed by atoms with Crippen LogP contribution in [0.4, 0.5) is 0 Å². The largest absolute Gasteiger partial charge is 0.192 e. The van der Waals surface area contributed by atoms with Crippen LogP contribution in [0.2, 0.25) is 0 Å². The third kappa shape index (κ3) is 3.07. The number of hydrogen-bond acceptors (Lipinski definition) is 1. The summed E-state index contributed by atoms with van der Waals surface area (Å²) >= 11 is 9.85. The zero-order chi connectivity index (χ0) is 13.8. The van der Waals surface area contributed by atoms with Crippen molar-refractivity contribution in [1.29, 1.82) is 5.26 Å². The molecule has 3 heteroatoms. The summed E-state index contributed by atoms with van der Waals surface area (Å²) in [5, 5.41) is 9.80. The molecule has 0 fully saturated rings. The Hall–Kier alpha value is -1.56. The SMILES string of the molecule is Cc1ccc(/C(Cl)=C(/C#N)c2ccccc2)cc1Br. The van der Waals surface area contributed by atoms with E-state index in [2.05, 4.69) is 22.0 Å². The van der Waals surface area contributed by atoms with Gasteiger partial charge < -0.3 is 0 Å². The molecule has 2 aromatic carbocycles. The molecule has 19 heavy (non-hydrogen) atoms. The summed E-state index contributed by atoms with van der Waals surface area (Å²) in [6.07, 6.45) is 0. The van der Waals surface area contributed by atoms with Gasteiger partial charge in [0.1, 0.15) is 6.07 Å². The van der Waals surface area contributed by atoms with Gasteiger partial charge in [-0.2, -0.15) is 5.26 Å². The Morgan fingerprint density at radius 2 is 1.79 bits per heavy atom. The monoisotopic (exact) mass is 331 g/mol. The van der Waals surface area contributed by atoms with E-state index in [1.54, 1.807) is 0 Å². The van der Waals surface area contributed by atoms with Gasteiger partial charge in [0, 0.05) is 4.47 Å². The summed E-state index contributed by atoms with van der Waals surface area (Å²) in [4.78, 5) is 0.